The summed E-state index contributed by atoms with van der Waals surface area (Å²) >= 11 is 0. The lowest BCUT2D eigenvalue weighted by Crippen LogP contribution is -2.25. The van der Waals surface area contributed by atoms with E-state index in [2.05, 4.69) is 4.98 Å². The standard InChI is InChI=1S/C11H14N2O3/c1-16-9-2-3-12-10(5-9)13-6-8(7-14)4-11(13)15/h2-3,5,8,14H,4,6-7H2,1H3. The van der Waals surface area contributed by atoms with Crippen molar-refractivity contribution < 1.29 is 14.6 Å². The van der Waals surface area contributed by atoms with Crippen LogP contribution in [0.4, 0.5) is 5.82 Å². The van der Waals surface area contributed by atoms with E-state index >= 15 is 0 Å². The van der Waals surface area contributed by atoms with Gasteiger partial charge in [-0.2, -0.15) is 0 Å². The van der Waals surface area contributed by atoms with E-state index in [1.54, 1.807) is 30.3 Å². The van der Waals surface area contributed by atoms with Gasteiger partial charge < -0.3 is 9.84 Å². The van der Waals surface area contributed by atoms with E-state index in [0.717, 1.165) is 0 Å². The average Bonchev–Trinajstić information content (AvgIpc) is 2.71. The van der Waals surface area contributed by atoms with Crippen molar-refractivity contribution >= 4 is 11.7 Å². The third-order valence-electron chi connectivity index (χ3n) is 2.69. The second-order valence-corrected chi connectivity index (χ2v) is 3.81. The number of nitrogens with zero attached hydrogens (tertiary/aromatic N) is 2. The normalized spacial score (nSPS) is 20.2. The van der Waals surface area contributed by atoms with Gasteiger partial charge in [-0.15, -0.1) is 0 Å². The van der Waals surface area contributed by atoms with Gasteiger partial charge in [0.25, 0.3) is 0 Å². The van der Waals surface area contributed by atoms with Crippen molar-refractivity contribution in [3.8, 4) is 5.75 Å². The fourth-order valence-electron chi connectivity index (χ4n) is 1.80. The van der Waals surface area contributed by atoms with E-state index in [-0.39, 0.29) is 18.4 Å². The number of methoxy groups -OCH3 is 1. The number of rotatable bonds is 3. The molecule has 0 saturated carbocycles. The molecule has 86 valence electrons. The van der Waals surface area contributed by atoms with E-state index in [1.807, 2.05) is 0 Å². The molecule has 0 aromatic carbocycles. The van der Waals surface area contributed by atoms with Gasteiger partial charge in [0, 0.05) is 37.8 Å². The molecule has 1 aromatic rings. The molecule has 0 radical (unpaired) electrons. The number of aliphatic hydroxyl groups is 1. The maximum atomic E-state index is 11.7. The first-order chi connectivity index (χ1) is 7.74. The zero-order chi connectivity index (χ0) is 11.5. The van der Waals surface area contributed by atoms with Gasteiger partial charge in [0.1, 0.15) is 11.6 Å². The minimum atomic E-state index is -0.000182. The maximum Gasteiger partial charge on any atom is 0.228 e. The Hall–Kier alpha value is -1.62. The van der Waals surface area contributed by atoms with Crippen LogP contribution in [0, 0.1) is 5.92 Å². The summed E-state index contributed by atoms with van der Waals surface area (Å²) in [5.74, 6) is 1.27. The Labute approximate surface area is 93.7 Å². The zero-order valence-electron chi connectivity index (χ0n) is 9.09. The molecular weight excluding hydrogens is 208 g/mol. The molecule has 1 unspecified atom stereocenters. The second-order valence-electron chi connectivity index (χ2n) is 3.81. The summed E-state index contributed by atoms with van der Waals surface area (Å²) in [6.45, 7) is 0.557. The number of ether oxygens (including phenoxy) is 1. The predicted molar refractivity (Wildman–Crippen MR) is 58.3 cm³/mol. The minimum absolute atomic E-state index is 0.000182. The van der Waals surface area contributed by atoms with Gasteiger partial charge in [0.05, 0.1) is 7.11 Å². The van der Waals surface area contributed by atoms with Crippen molar-refractivity contribution in [1.29, 1.82) is 0 Å². The monoisotopic (exact) mass is 222 g/mol. The van der Waals surface area contributed by atoms with Crippen LogP contribution in [-0.4, -0.2) is 36.3 Å². The Morgan fingerprint density at radius 2 is 2.50 bits per heavy atom. The summed E-state index contributed by atoms with van der Waals surface area (Å²) in [4.78, 5) is 17.4. The number of anilines is 1. The Morgan fingerprint density at radius 1 is 1.69 bits per heavy atom. The van der Waals surface area contributed by atoms with Crippen LogP contribution in [0.1, 0.15) is 6.42 Å². The Bertz CT molecular complexity index is 395. The number of amides is 1. The summed E-state index contributed by atoms with van der Waals surface area (Å²) in [7, 11) is 1.57. The summed E-state index contributed by atoms with van der Waals surface area (Å²) < 4.78 is 5.08. The van der Waals surface area contributed by atoms with Crippen LogP contribution >= 0.6 is 0 Å². The Balaban J connectivity index is 2.20. The van der Waals surface area contributed by atoms with Crippen molar-refractivity contribution in [2.75, 3.05) is 25.2 Å². The molecule has 1 aliphatic rings. The van der Waals surface area contributed by atoms with Crippen LogP contribution in [0.15, 0.2) is 18.3 Å². The van der Waals surface area contributed by atoms with Crippen LogP contribution in [0.25, 0.3) is 0 Å². The van der Waals surface area contributed by atoms with Crippen molar-refractivity contribution in [1.82, 2.24) is 4.98 Å². The zero-order valence-corrected chi connectivity index (χ0v) is 9.09. The number of hydrogen-bond acceptors (Lipinski definition) is 4. The lowest BCUT2D eigenvalue weighted by Gasteiger charge is -2.15. The molecule has 1 amide bonds. The number of aliphatic hydroxyl groups excluding tert-OH is 1. The molecule has 1 atom stereocenters. The van der Waals surface area contributed by atoms with Gasteiger partial charge in [0.2, 0.25) is 5.91 Å². The first-order valence-electron chi connectivity index (χ1n) is 5.16. The van der Waals surface area contributed by atoms with E-state index in [4.69, 9.17) is 9.84 Å². The summed E-state index contributed by atoms with van der Waals surface area (Å²) in [6, 6.07) is 3.45. The fraction of sp³-hybridized carbons (Fsp3) is 0.455. The van der Waals surface area contributed by atoms with Gasteiger partial charge >= 0.3 is 0 Å². The van der Waals surface area contributed by atoms with Crippen molar-refractivity contribution in [3.05, 3.63) is 18.3 Å². The third kappa shape index (κ3) is 1.99. The highest BCUT2D eigenvalue weighted by Gasteiger charge is 2.30. The minimum Gasteiger partial charge on any atom is -0.497 e. The molecule has 5 nitrogen and oxygen atoms in total. The molecule has 5 heteroatoms. The largest absolute Gasteiger partial charge is 0.497 e. The molecule has 0 bridgehead atoms. The Morgan fingerprint density at radius 3 is 3.12 bits per heavy atom. The third-order valence-corrected chi connectivity index (χ3v) is 2.69. The second kappa shape index (κ2) is 4.49. The van der Waals surface area contributed by atoms with Crippen LogP contribution in [0.2, 0.25) is 0 Å². The number of hydrogen-bond donors (Lipinski definition) is 1. The topological polar surface area (TPSA) is 62.7 Å². The average molecular weight is 222 g/mol. The first-order valence-corrected chi connectivity index (χ1v) is 5.16. The van der Waals surface area contributed by atoms with Crippen molar-refractivity contribution in [3.63, 3.8) is 0 Å². The molecule has 1 saturated heterocycles. The van der Waals surface area contributed by atoms with Crippen LogP contribution in [-0.2, 0) is 4.79 Å². The van der Waals surface area contributed by atoms with Crippen LogP contribution in [0.3, 0.4) is 0 Å². The van der Waals surface area contributed by atoms with E-state index in [1.165, 1.54) is 0 Å². The lowest BCUT2D eigenvalue weighted by atomic mass is 10.1. The molecule has 1 fully saturated rings. The highest BCUT2D eigenvalue weighted by atomic mass is 16.5. The molecule has 1 N–H and O–H groups in total. The fourth-order valence-corrected chi connectivity index (χ4v) is 1.80. The molecule has 1 aliphatic heterocycles. The summed E-state index contributed by atoms with van der Waals surface area (Å²) in [5.41, 5.74) is 0. The van der Waals surface area contributed by atoms with Gasteiger partial charge in [-0.25, -0.2) is 4.98 Å². The molecule has 2 heterocycles. The summed E-state index contributed by atoms with van der Waals surface area (Å²) in [6.07, 6.45) is 1.99. The highest BCUT2D eigenvalue weighted by Crippen LogP contribution is 2.25. The molecule has 2 rings (SSSR count). The molecule has 0 spiro atoms. The SMILES string of the molecule is COc1ccnc(N2CC(CO)CC2=O)c1. The first kappa shape index (κ1) is 10.9. The number of carbonyl (C=O) groups excluding carboxylic acids is 1. The van der Waals surface area contributed by atoms with Crippen LogP contribution < -0.4 is 9.64 Å². The van der Waals surface area contributed by atoms with Gasteiger partial charge in [-0.1, -0.05) is 0 Å². The van der Waals surface area contributed by atoms with E-state index in [0.29, 0.717) is 24.5 Å². The highest BCUT2D eigenvalue weighted by molar-refractivity contribution is 5.94. The molecule has 16 heavy (non-hydrogen) atoms. The smallest absolute Gasteiger partial charge is 0.228 e. The quantitative estimate of drug-likeness (QED) is 0.805. The van der Waals surface area contributed by atoms with Crippen molar-refractivity contribution in [2.45, 2.75) is 6.42 Å². The van der Waals surface area contributed by atoms with E-state index < -0.39 is 0 Å². The molecular formula is C11H14N2O3. The van der Waals surface area contributed by atoms with E-state index in [9.17, 15) is 4.79 Å². The lowest BCUT2D eigenvalue weighted by molar-refractivity contribution is -0.117. The van der Waals surface area contributed by atoms with Gasteiger partial charge in [-0.3, -0.25) is 9.69 Å². The van der Waals surface area contributed by atoms with Crippen LogP contribution in [0.5, 0.6) is 5.75 Å². The number of carbonyl (C=O) groups is 1. The Kier molecular flexibility index (Phi) is 3.05. The van der Waals surface area contributed by atoms with Gasteiger partial charge in [-0.05, 0) is 6.07 Å². The van der Waals surface area contributed by atoms with Crippen molar-refractivity contribution in [2.24, 2.45) is 5.92 Å². The van der Waals surface area contributed by atoms with Gasteiger partial charge in [0.15, 0.2) is 0 Å². The molecule has 1 aromatic heterocycles. The number of pyridine rings is 1. The predicted octanol–water partition coefficient (Wildman–Crippen LogP) is 0.435. The molecule has 0 aliphatic carbocycles. The number of aromatic nitrogens is 1. The maximum absolute atomic E-state index is 11.7. The summed E-state index contributed by atoms with van der Waals surface area (Å²) in [5, 5.41) is 9.03.